The molecule has 0 saturated carbocycles. The Labute approximate surface area is 141 Å². The molecule has 0 unspecified atom stereocenters. The first kappa shape index (κ1) is 16.6. The van der Waals surface area contributed by atoms with E-state index < -0.39 is 10.0 Å². The molecular weight excluding hydrogens is 324 g/mol. The van der Waals surface area contributed by atoms with Crippen molar-refractivity contribution < 1.29 is 8.42 Å². The highest BCUT2D eigenvalue weighted by molar-refractivity contribution is 7.89. The quantitative estimate of drug-likeness (QED) is 0.713. The summed E-state index contributed by atoms with van der Waals surface area (Å²) in [5, 5.41) is 5.05. The zero-order valence-corrected chi connectivity index (χ0v) is 14.8. The van der Waals surface area contributed by atoms with Gasteiger partial charge in [-0.2, -0.15) is 9.40 Å². The summed E-state index contributed by atoms with van der Waals surface area (Å²) in [6, 6.07) is 11.2. The number of rotatable bonds is 5. The molecule has 0 atom stereocenters. The number of pyridine rings is 1. The van der Waals surface area contributed by atoms with Crippen LogP contribution >= 0.6 is 0 Å². The lowest BCUT2D eigenvalue weighted by Crippen LogP contribution is -2.30. The molecule has 2 aromatic heterocycles. The molecule has 126 valence electrons. The number of hydrogen-bond donors (Lipinski definition) is 0. The third kappa shape index (κ3) is 2.92. The van der Waals surface area contributed by atoms with Gasteiger partial charge in [-0.15, -0.1) is 0 Å². The Kier molecular flexibility index (Phi) is 4.38. The lowest BCUT2D eigenvalue weighted by molar-refractivity contribution is 0.423. The Balaban J connectivity index is 2.00. The summed E-state index contributed by atoms with van der Waals surface area (Å²) in [4.78, 5) is 4.48. The molecule has 2 heterocycles. The van der Waals surface area contributed by atoms with Crippen molar-refractivity contribution in [1.29, 1.82) is 0 Å². The van der Waals surface area contributed by atoms with E-state index >= 15 is 0 Å². The molecule has 0 bridgehead atoms. The molecule has 0 N–H and O–H groups in total. The van der Waals surface area contributed by atoms with Crippen LogP contribution in [0, 0.1) is 6.92 Å². The van der Waals surface area contributed by atoms with Crippen molar-refractivity contribution in [3.63, 3.8) is 0 Å². The van der Waals surface area contributed by atoms with E-state index in [2.05, 4.69) is 10.1 Å². The Bertz CT molecular complexity index is 965. The van der Waals surface area contributed by atoms with Gasteiger partial charge in [-0.25, -0.2) is 13.4 Å². The summed E-state index contributed by atoms with van der Waals surface area (Å²) < 4.78 is 29.1. The molecule has 6 nitrogen and oxygen atoms in total. The maximum absolute atomic E-state index is 13.0. The van der Waals surface area contributed by atoms with Crippen molar-refractivity contribution in [2.45, 2.75) is 25.3 Å². The van der Waals surface area contributed by atoms with Gasteiger partial charge < -0.3 is 0 Å². The highest BCUT2D eigenvalue weighted by Crippen LogP contribution is 2.23. The fraction of sp³-hybridized carbons (Fsp3) is 0.294. The number of aryl methyl sites for hydroxylation is 2. The van der Waals surface area contributed by atoms with Crippen LogP contribution in [-0.4, -0.2) is 34.0 Å². The van der Waals surface area contributed by atoms with Crippen LogP contribution in [0.3, 0.4) is 0 Å². The fourth-order valence-electron chi connectivity index (χ4n) is 2.73. The molecular formula is C17H20N4O2S. The first-order chi connectivity index (χ1) is 11.4. The standard InChI is InChI=1S/C17H20N4O2S/c1-4-21(12-14-8-6-5-7-9-14)24(22,23)15-10-16-13(2)19-20(3)17(16)18-11-15/h5-11H,4,12H2,1-3H3. The van der Waals surface area contributed by atoms with Crippen LogP contribution in [0.25, 0.3) is 11.0 Å². The van der Waals surface area contributed by atoms with Crippen molar-refractivity contribution in [2.24, 2.45) is 7.05 Å². The van der Waals surface area contributed by atoms with Crippen LogP contribution in [0.2, 0.25) is 0 Å². The third-order valence-corrected chi connectivity index (χ3v) is 5.92. The summed E-state index contributed by atoms with van der Waals surface area (Å²) in [6.45, 7) is 4.41. The first-order valence-corrected chi connectivity index (χ1v) is 9.21. The zero-order chi connectivity index (χ0) is 17.3. The van der Waals surface area contributed by atoms with Crippen LogP contribution in [0.15, 0.2) is 47.5 Å². The molecule has 0 spiro atoms. The lowest BCUT2D eigenvalue weighted by Gasteiger charge is -2.20. The van der Waals surface area contributed by atoms with Crippen molar-refractivity contribution >= 4 is 21.1 Å². The van der Waals surface area contributed by atoms with Crippen LogP contribution in [-0.2, 0) is 23.6 Å². The fourth-order valence-corrected chi connectivity index (χ4v) is 4.14. The van der Waals surface area contributed by atoms with E-state index in [1.165, 1.54) is 10.5 Å². The topological polar surface area (TPSA) is 68.1 Å². The summed E-state index contributed by atoms with van der Waals surface area (Å²) in [5.41, 5.74) is 2.40. The van der Waals surface area contributed by atoms with Crippen LogP contribution in [0.5, 0.6) is 0 Å². The zero-order valence-electron chi connectivity index (χ0n) is 14.0. The minimum absolute atomic E-state index is 0.198. The summed E-state index contributed by atoms with van der Waals surface area (Å²) in [7, 11) is -1.82. The molecule has 0 radical (unpaired) electrons. The number of nitrogens with zero attached hydrogens (tertiary/aromatic N) is 4. The van der Waals surface area contributed by atoms with Gasteiger partial charge in [-0.1, -0.05) is 37.3 Å². The number of hydrogen-bond acceptors (Lipinski definition) is 4. The minimum atomic E-state index is -3.61. The highest BCUT2D eigenvalue weighted by Gasteiger charge is 2.24. The molecule has 3 aromatic rings. The van der Waals surface area contributed by atoms with Gasteiger partial charge in [0.1, 0.15) is 4.90 Å². The Morgan fingerprint density at radius 2 is 1.92 bits per heavy atom. The Morgan fingerprint density at radius 3 is 2.58 bits per heavy atom. The largest absolute Gasteiger partial charge is 0.250 e. The van der Waals surface area contributed by atoms with Crippen molar-refractivity contribution in [3.05, 3.63) is 53.9 Å². The van der Waals surface area contributed by atoms with Crippen molar-refractivity contribution in [1.82, 2.24) is 19.1 Å². The third-order valence-electron chi connectivity index (χ3n) is 4.03. The van der Waals surface area contributed by atoms with Crippen molar-refractivity contribution in [3.8, 4) is 0 Å². The average molecular weight is 344 g/mol. The van der Waals surface area contributed by atoms with E-state index in [0.29, 0.717) is 18.7 Å². The number of sulfonamides is 1. The second kappa shape index (κ2) is 6.33. The molecule has 24 heavy (non-hydrogen) atoms. The summed E-state index contributed by atoms with van der Waals surface area (Å²) >= 11 is 0. The van der Waals surface area contributed by atoms with Gasteiger partial charge in [-0.05, 0) is 18.6 Å². The van der Waals surface area contributed by atoms with Gasteiger partial charge in [0.2, 0.25) is 10.0 Å². The maximum Gasteiger partial charge on any atom is 0.244 e. The number of benzene rings is 1. The van der Waals surface area contributed by atoms with Crippen LogP contribution in [0.1, 0.15) is 18.2 Å². The molecule has 0 aliphatic heterocycles. The van der Waals surface area contributed by atoms with Gasteiger partial charge >= 0.3 is 0 Å². The van der Waals surface area contributed by atoms with Crippen LogP contribution < -0.4 is 0 Å². The van der Waals surface area contributed by atoms with Gasteiger partial charge in [0.05, 0.1) is 5.69 Å². The predicted octanol–water partition coefficient (Wildman–Crippen LogP) is 2.49. The smallest absolute Gasteiger partial charge is 0.244 e. The maximum atomic E-state index is 13.0. The summed E-state index contributed by atoms with van der Waals surface area (Å²) in [5.74, 6) is 0. The monoisotopic (exact) mass is 344 g/mol. The van der Waals surface area contributed by atoms with E-state index in [1.807, 2.05) is 44.2 Å². The van der Waals surface area contributed by atoms with E-state index in [4.69, 9.17) is 0 Å². The molecule has 0 aliphatic rings. The number of aromatic nitrogens is 3. The second-order valence-electron chi connectivity index (χ2n) is 5.67. The summed E-state index contributed by atoms with van der Waals surface area (Å²) in [6.07, 6.45) is 1.41. The molecule has 0 saturated heterocycles. The molecule has 3 rings (SSSR count). The predicted molar refractivity (Wildman–Crippen MR) is 93.0 cm³/mol. The Hall–Kier alpha value is -2.25. The molecule has 1 aromatic carbocycles. The lowest BCUT2D eigenvalue weighted by atomic mass is 10.2. The molecule has 0 fully saturated rings. The molecule has 0 amide bonds. The van der Waals surface area contributed by atoms with E-state index in [9.17, 15) is 8.42 Å². The SMILES string of the molecule is CCN(Cc1ccccc1)S(=O)(=O)c1cnc2c(c1)c(C)nn2C. The molecule has 0 aliphatic carbocycles. The normalized spacial score (nSPS) is 12.2. The van der Waals surface area contributed by atoms with Gasteiger partial charge in [0, 0.05) is 31.7 Å². The average Bonchev–Trinajstić information content (AvgIpc) is 2.87. The van der Waals surface area contributed by atoms with E-state index in [-0.39, 0.29) is 4.90 Å². The van der Waals surface area contributed by atoms with Gasteiger partial charge in [0.25, 0.3) is 0 Å². The van der Waals surface area contributed by atoms with E-state index in [1.54, 1.807) is 17.8 Å². The molecule has 7 heteroatoms. The Morgan fingerprint density at radius 1 is 1.21 bits per heavy atom. The minimum Gasteiger partial charge on any atom is -0.250 e. The van der Waals surface area contributed by atoms with Crippen molar-refractivity contribution in [2.75, 3.05) is 6.54 Å². The first-order valence-electron chi connectivity index (χ1n) is 7.77. The van der Waals surface area contributed by atoms with E-state index in [0.717, 1.165) is 16.6 Å². The van der Waals surface area contributed by atoms with Gasteiger partial charge in [0.15, 0.2) is 5.65 Å². The number of fused-ring (bicyclic) bond motifs is 1. The van der Waals surface area contributed by atoms with Gasteiger partial charge in [-0.3, -0.25) is 4.68 Å². The second-order valence-corrected chi connectivity index (χ2v) is 7.61. The van der Waals surface area contributed by atoms with Crippen LogP contribution in [0.4, 0.5) is 0 Å². The highest BCUT2D eigenvalue weighted by atomic mass is 32.2.